The molecule has 4 rings (SSSR count). The van der Waals surface area contributed by atoms with Crippen LogP contribution in [-0.2, 0) is 24.2 Å². The first-order valence-electron chi connectivity index (χ1n) is 14.7. The van der Waals surface area contributed by atoms with Gasteiger partial charge in [0.15, 0.2) is 0 Å². The zero-order valence-corrected chi connectivity index (χ0v) is 27.9. The molecule has 0 aliphatic carbocycles. The Morgan fingerprint density at radius 1 is 0.936 bits per heavy atom. The van der Waals surface area contributed by atoms with E-state index < -0.39 is 21.7 Å². The van der Waals surface area contributed by atoms with Crippen LogP contribution in [0.1, 0.15) is 37.6 Å². The van der Waals surface area contributed by atoms with E-state index in [1.165, 1.54) is 11.4 Å². The number of hydrogen-bond donors (Lipinski definition) is 2. The molecule has 1 amide bonds. The summed E-state index contributed by atoms with van der Waals surface area (Å²) < 4.78 is 51.8. The van der Waals surface area contributed by atoms with E-state index in [-0.39, 0.29) is 17.2 Å². The lowest BCUT2D eigenvalue weighted by Gasteiger charge is -2.19. The highest BCUT2D eigenvalue weighted by Gasteiger charge is 2.20. The van der Waals surface area contributed by atoms with Crippen LogP contribution in [-0.4, -0.2) is 75.0 Å². The standard InChI is InChI=1S/C34H36N4O7S2/c1-34(2,3)45-33(39)36-16-17-42-18-19-43-20-21-44-29-13-14-30(27(22-29)11-9-25-10-12-28(24-46)37-23-25)38-47(40,41)31-8-4-6-26-7-5-15-35-32(26)31/h4-8,10,12-15,22-24,38H,16-21H2,1-3H3,(H,36,39). The zero-order chi connectivity index (χ0) is 33.7. The fraction of sp³-hybridized carbons (Fsp3) is 0.294. The number of thiocarbonyl (C=S) groups is 1. The summed E-state index contributed by atoms with van der Waals surface area (Å²) in [5.41, 5.74) is 1.74. The van der Waals surface area contributed by atoms with Gasteiger partial charge in [-0.15, -0.1) is 0 Å². The van der Waals surface area contributed by atoms with Gasteiger partial charge in [0, 0.05) is 35.3 Å². The topological polar surface area (TPSA) is 138 Å². The summed E-state index contributed by atoms with van der Waals surface area (Å²) in [6, 6.07) is 17.0. The Kier molecular flexibility index (Phi) is 12.6. The molecule has 0 fully saturated rings. The number of sulfonamides is 1. The second-order valence-corrected chi connectivity index (χ2v) is 12.9. The van der Waals surface area contributed by atoms with Gasteiger partial charge in [0.25, 0.3) is 10.0 Å². The molecule has 2 N–H and O–H groups in total. The molecule has 0 aliphatic heterocycles. The number of hydrogen-bond acceptors (Lipinski definition) is 10. The van der Waals surface area contributed by atoms with Gasteiger partial charge >= 0.3 is 6.09 Å². The van der Waals surface area contributed by atoms with Crippen molar-refractivity contribution >= 4 is 50.3 Å². The number of carbonyl (C=O) groups is 1. The Morgan fingerprint density at radius 3 is 2.45 bits per heavy atom. The number of alkyl carbamates (subject to hydrolysis) is 1. The summed E-state index contributed by atoms with van der Waals surface area (Å²) in [5, 5.41) is 4.79. The third-order valence-corrected chi connectivity index (χ3v) is 7.79. The predicted molar refractivity (Wildman–Crippen MR) is 183 cm³/mol. The summed E-state index contributed by atoms with van der Waals surface area (Å²) in [5.74, 6) is 6.54. The Bertz CT molecular complexity index is 1840. The monoisotopic (exact) mass is 676 g/mol. The number of ether oxygens (including phenoxy) is 4. The van der Waals surface area contributed by atoms with E-state index in [4.69, 9.17) is 31.2 Å². The molecule has 11 nitrogen and oxygen atoms in total. The van der Waals surface area contributed by atoms with Gasteiger partial charge in [-0.2, -0.15) is 0 Å². The molecule has 2 aromatic heterocycles. The number of aromatic nitrogens is 2. The Morgan fingerprint density at radius 2 is 1.70 bits per heavy atom. The van der Waals surface area contributed by atoms with Crippen LogP contribution in [0.5, 0.6) is 5.75 Å². The van der Waals surface area contributed by atoms with Crippen LogP contribution in [0.15, 0.2) is 78.0 Å². The number of para-hydroxylation sites is 1. The van der Waals surface area contributed by atoms with E-state index in [1.54, 1.807) is 87.8 Å². The summed E-state index contributed by atoms with van der Waals surface area (Å²) >= 11 is 4.92. The molecule has 0 saturated heterocycles. The Labute approximate surface area is 280 Å². The van der Waals surface area contributed by atoms with Crippen molar-refractivity contribution in [1.29, 1.82) is 0 Å². The van der Waals surface area contributed by atoms with Gasteiger partial charge < -0.3 is 24.3 Å². The van der Waals surface area contributed by atoms with E-state index in [0.717, 1.165) is 0 Å². The molecule has 0 atom stereocenters. The van der Waals surface area contributed by atoms with Crippen molar-refractivity contribution in [2.24, 2.45) is 0 Å². The van der Waals surface area contributed by atoms with E-state index in [1.807, 2.05) is 0 Å². The van der Waals surface area contributed by atoms with Crippen molar-refractivity contribution in [3.63, 3.8) is 0 Å². The number of nitrogens with one attached hydrogen (secondary N) is 2. The number of benzene rings is 2. The maximum Gasteiger partial charge on any atom is 0.407 e. The van der Waals surface area contributed by atoms with E-state index in [0.29, 0.717) is 66.4 Å². The average Bonchev–Trinajstić information content (AvgIpc) is 3.04. The first-order chi connectivity index (χ1) is 22.5. The number of nitrogens with zero attached hydrogens (tertiary/aromatic N) is 2. The van der Waals surface area contributed by atoms with Crippen LogP contribution in [0.2, 0.25) is 0 Å². The van der Waals surface area contributed by atoms with Crippen molar-refractivity contribution in [2.45, 2.75) is 31.3 Å². The highest BCUT2D eigenvalue weighted by atomic mass is 32.2. The normalized spacial score (nSPS) is 11.3. The molecule has 0 spiro atoms. The van der Waals surface area contributed by atoms with E-state index >= 15 is 0 Å². The second kappa shape index (κ2) is 16.8. The van der Waals surface area contributed by atoms with Crippen LogP contribution in [0.25, 0.3) is 10.9 Å². The molecule has 2 aromatic carbocycles. The lowest BCUT2D eigenvalue weighted by Crippen LogP contribution is -2.34. The second-order valence-electron chi connectivity index (χ2n) is 11.0. The van der Waals surface area contributed by atoms with Crippen LogP contribution in [0, 0.1) is 11.8 Å². The molecule has 2 heterocycles. The fourth-order valence-electron chi connectivity index (χ4n) is 4.07. The minimum Gasteiger partial charge on any atom is -0.491 e. The van der Waals surface area contributed by atoms with Gasteiger partial charge in [-0.1, -0.05) is 42.3 Å². The number of amides is 1. The van der Waals surface area contributed by atoms with E-state index in [9.17, 15) is 13.2 Å². The lowest BCUT2D eigenvalue weighted by molar-refractivity contribution is 0.0327. The number of fused-ring (bicyclic) bond motifs is 1. The smallest absolute Gasteiger partial charge is 0.407 e. The van der Waals surface area contributed by atoms with Crippen molar-refractivity contribution in [1.82, 2.24) is 15.3 Å². The summed E-state index contributed by atoms with van der Waals surface area (Å²) in [6.45, 7) is 7.25. The number of carbonyl (C=O) groups excluding carboxylic acids is 1. The molecule has 13 heteroatoms. The number of rotatable bonds is 14. The van der Waals surface area contributed by atoms with E-state index in [2.05, 4.69) is 31.8 Å². The van der Waals surface area contributed by atoms with Crippen LogP contribution in [0.4, 0.5) is 10.5 Å². The third kappa shape index (κ3) is 11.3. The minimum atomic E-state index is -4.02. The van der Waals surface area contributed by atoms with Crippen molar-refractivity contribution in [3.05, 3.63) is 89.9 Å². The molecule has 0 saturated carbocycles. The summed E-state index contributed by atoms with van der Waals surface area (Å²) in [7, 11) is -4.02. The molecule has 4 aromatic rings. The van der Waals surface area contributed by atoms with Crippen LogP contribution in [0.3, 0.4) is 0 Å². The van der Waals surface area contributed by atoms with Gasteiger partial charge in [-0.25, -0.2) is 13.2 Å². The first kappa shape index (κ1) is 35.2. The lowest BCUT2D eigenvalue weighted by atomic mass is 10.1. The van der Waals surface area contributed by atoms with Gasteiger partial charge in [-0.05, 0) is 63.2 Å². The van der Waals surface area contributed by atoms with Gasteiger partial charge in [0.2, 0.25) is 0 Å². The van der Waals surface area contributed by atoms with Gasteiger partial charge in [0.05, 0.1) is 48.9 Å². The molecule has 0 unspecified atom stereocenters. The first-order valence-corrected chi connectivity index (χ1v) is 16.7. The molecule has 246 valence electrons. The van der Waals surface area contributed by atoms with Crippen molar-refractivity contribution < 1.29 is 32.2 Å². The molecule has 0 bridgehead atoms. The fourth-order valence-corrected chi connectivity index (χ4v) is 5.47. The molecule has 0 radical (unpaired) electrons. The van der Waals surface area contributed by atoms with Gasteiger partial charge in [-0.3, -0.25) is 14.7 Å². The Hall–Kier alpha value is -4.61. The molecular formula is C34H36N4O7S2. The number of anilines is 1. The average molecular weight is 677 g/mol. The van der Waals surface area contributed by atoms with Crippen LogP contribution < -0.4 is 14.8 Å². The maximum atomic E-state index is 13.5. The molecule has 0 aliphatic rings. The quantitative estimate of drug-likeness (QED) is 0.105. The molecular weight excluding hydrogens is 641 g/mol. The SMILES string of the molecule is CC(C)(C)OC(=O)NCCOCCOCCOc1ccc(NS(=O)(=O)c2cccc3cccnc23)c(C#Cc2ccc(C=S)nc2)c1. The minimum absolute atomic E-state index is 0.0511. The summed E-state index contributed by atoms with van der Waals surface area (Å²) in [4.78, 5) is 20.2. The summed E-state index contributed by atoms with van der Waals surface area (Å²) in [6.07, 6.45) is 2.65. The van der Waals surface area contributed by atoms with Crippen molar-refractivity contribution in [3.8, 4) is 17.6 Å². The van der Waals surface area contributed by atoms with Gasteiger partial charge in [0.1, 0.15) is 22.9 Å². The number of pyridine rings is 2. The highest BCUT2D eigenvalue weighted by molar-refractivity contribution is 7.93. The highest BCUT2D eigenvalue weighted by Crippen LogP contribution is 2.27. The van der Waals surface area contributed by atoms with Crippen LogP contribution >= 0.6 is 12.2 Å². The molecule has 47 heavy (non-hydrogen) atoms. The zero-order valence-electron chi connectivity index (χ0n) is 26.3. The Balaban J connectivity index is 1.36. The largest absolute Gasteiger partial charge is 0.491 e. The maximum absolute atomic E-state index is 13.5. The van der Waals surface area contributed by atoms with Crippen molar-refractivity contribution in [2.75, 3.05) is 44.3 Å². The third-order valence-electron chi connectivity index (χ3n) is 6.15. The predicted octanol–water partition coefficient (Wildman–Crippen LogP) is 5.11.